The Kier molecular flexibility index (Phi) is 8.13. The third-order valence-electron chi connectivity index (χ3n) is 7.14. The molecule has 1 aromatic heterocycles. The molecular weight excluding hydrogens is 504 g/mol. The van der Waals surface area contributed by atoms with Gasteiger partial charge in [0.2, 0.25) is 0 Å². The average molecular weight is 537 g/mol. The third-order valence-corrected chi connectivity index (χ3v) is 7.14. The number of hydrogen-bond acceptors (Lipinski definition) is 6. The van der Waals surface area contributed by atoms with Gasteiger partial charge in [-0.2, -0.15) is 5.26 Å². The highest BCUT2D eigenvalue weighted by atomic mass is 16.5. The molecule has 0 aliphatic carbocycles. The summed E-state index contributed by atoms with van der Waals surface area (Å²) in [6, 6.07) is 27.7. The van der Waals surface area contributed by atoms with E-state index in [0.717, 1.165) is 22.3 Å². The Morgan fingerprint density at radius 1 is 0.875 bits per heavy atom. The molecule has 2 heterocycles. The number of aliphatic hydroxyl groups is 1. The lowest BCUT2D eigenvalue weighted by Crippen LogP contribution is -2.52. The number of nitrogens with zero attached hydrogens (tertiary/aromatic N) is 2. The summed E-state index contributed by atoms with van der Waals surface area (Å²) in [5.74, 6) is 0.531. The SMILES string of the molecule is CC1(C)Oc2ccc(C#N)cc2[C@H](n2cc(COCc3ccccc3)c(COCc3ccccc3)cc2=O)[C@H]1O. The van der Waals surface area contributed by atoms with Crippen molar-refractivity contribution in [3.8, 4) is 11.8 Å². The van der Waals surface area contributed by atoms with Crippen LogP contribution in [-0.2, 0) is 35.9 Å². The average Bonchev–Trinajstić information content (AvgIpc) is 2.96. The van der Waals surface area contributed by atoms with E-state index in [0.29, 0.717) is 30.1 Å². The monoisotopic (exact) mass is 536 g/mol. The maximum Gasteiger partial charge on any atom is 0.251 e. The van der Waals surface area contributed by atoms with E-state index >= 15 is 0 Å². The van der Waals surface area contributed by atoms with Crippen LogP contribution < -0.4 is 10.3 Å². The Balaban J connectivity index is 1.50. The van der Waals surface area contributed by atoms with E-state index < -0.39 is 17.7 Å². The van der Waals surface area contributed by atoms with Crippen molar-refractivity contribution in [3.63, 3.8) is 0 Å². The molecule has 4 aromatic rings. The topological polar surface area (TPSA) is 93.7 Å². The van der Waals surface area contributed by atoms with Gasteiger partial charge in [0.05, 0.1) is 44.1 Å². The van der Waals surface area contributed by atoms with Crippen molar-refractivity contribution >= 4 is 0 Å². The van der Waals surface area contributed by atoms with Gasteiger partial charge in [-0.15, -0.1) is 0 Å². The zero-order valence-electron chi connectivity index (χ0n) is 22.6. The molecule has 1 aliphatic heterocycles. The number of fused-ring (bicyclic) bond motifs is 1. The quantitative estimate of drug-likeness (QED) is 0.313. The first-order valence-electron chi connectivity index (χ1n) is 13.2. The summed E-state index contributed by atoms with van der Waals surface area (Å²) in [5.41, 5.74) is 3.32. The molecule has 204 valence electrons. The van der Waals surface area contributed by atoms with Gasteiger partial charge < -0.3 is 23.9 Å². The molecule has 2 atom stereocenters. The Morgan fingerprint density at radius 2 is 1.48 bits per heavy atom. The summed E-state index contributed by atoms with van der Waals surface area (Å²) in [6.07, 6.45) is 0.692. The number of hydrogen-bond donors (Lipinski definition) is 1. The van der Waals surface area contributed by atoms with Crippen molar-refractivity contribution in [1.82, 2.24) is 4.57 Å². The standard InChI is InChI=1S/C33H32N2O5/c1-33(2)32(37)31(28-15-25(17-34)13-14-29(28)40-33)35-18-27(22-39-20-24-11-7-4-8-12-24)26(16-30(35)36)21-38-19-23-9-5-3-6-10-23/h3-16,18,31-32,37H,19-22H2,1-2H3/t31-,32+/m0/s1. The highest BCUT2D eigenvalue weighted by Crippen LogP contribution is 2.42. The summed E-state index contributed by atoms with van der Waals surface area (Å²) < 4.78 is 19.6. The number of rotatable bonds is 9. The second-order valence-corrected chi connectivity index (χ2v) is 10.5. The fourth-order valence-corrected chi connectivity index (χ4v) is 4.96. The van der Waals surface area contributed by atoms with E-state index in [-0.39, 0.29) is 18.8 Å². The second-order valence-electron chi connectivity index (χ2n) is 10.5. The van der Waals surface area contributed by atoms with Crippen LogP contribution in [0.4, 0.5) is 0 Å². The van der Waals surface area contributed by atoms with Crippen molar-refractivity contribution in [2.24, 2.45) is 0 Å². The van der Waals surface area contributed by atoms with Gasteiger partial charge in [0.15, 0.2) is 0 Å². The minimum atomic E-state index is -1.05. The lowest BCUT2D eigenvalue weighted by atomic mass is 9.85. The molecule has 7 nitrogen and oxygen atoms in total. The Labute approximate surface area is 233 Å². The van der Waals surface area contributed by atoms with Crippen molar-refractivity contribution in [3.05, 3.63) is 135 Å². The molecule has 0 saturated heterocycles. The normalized spacial score (nSPS) is 17.4. The van der Waals surface area contributed by atoms with Gasteiger partial charge in [0.25, 0.3) is 5.56 Å². The first kappa shape index (κ1) is 27.4. The van der Waals surface area contributed by atoms with E-state index in [1.807, 2.05) is 60.7 Å². The summed E-state index contributed by atoms with van der Waals surface area (Å²) in [4.78, 5) is 13.6. The van der Waals surface area contributed by atoms with Gasteiger partial charge >= 0.3 is 0 Å². The Morgan fingerprint density at radius 3 is 2.08 bits per heavy atom. The zero-order valence-corrected chi connectivity index (χ0v) is 22.6. The first-order valence-corrected chi connectivity index (χ1v) is 13.2. The molecule has 3 aromatic carbocycles. The maximum atomic E-state index is 13.6. The predicted molar refractivity (Wildman–Crippen MR) is 151 cm³/mol. The third kappa shape index (κ3) is 6.00. The van der Waals surface area contributed by atoms with Gasteiger partial charge in [-0.05, 0) is 54.3 Å². The van der Waals surface area contributed by atoms with Crippen LogP contribution in [0, 0.1) is 11.3 Å². The molecule has 5 rings (SSSR count). The van der Waals surface area contributed by atoms with Crippen molar-refractivity contribution in [1.29, 1.82) is 5.26 Å². The fourth-order valence-electron chi connectivity index (χ4n) is 4.96. The molecule has 0 unspecified atom stereocenters. The van der Waals surface area contributed by atoms with Gasteiger partial charge in [-0.3, -0.25) is 4.79 Å². The number of pyridine rings is 1. The lowest BCUT2D eigenvalue weighted by molar-refractivity contribution is -0.0644. The molecule has 1 aliphatic rings. The van der Waals surface area contributed by atoms with E-state index in [1.54, 1.807) is 44.3 Å². The lowest BCUT2D eigenvalue weighted by Gasteiger charge is -2.42. The van der Waals surface area contributed by atoms with Gasteiger partial charge in [0.1, 0.15) is 17.5 Å². The van der Waals surface area contributed by atoms with E-state index in [9.17, 15) is 15.2 Å². The molecule has 0 bridgehead atoms. The van der Waals surface area contributed by atoms with Crippen molar-refractivity contribution in [2.45, 2.75) is 58.0 Å². The van der Waals surface area contributed by atoms with Crippen LogP contribution in [0.25, 0.3) is 0 Å². The fraction of sp³-hybridized carbons (Fsp3) is 0.273. The van der Waals surface area contributed by atoms with Crippen LogP contribution >= 0.6 is 0 Å². The number of ether oxygens (including phenoxy) is 3. The molecule has 0 spiro atoms. The molecule has 0 radical (unpaired) electrons. The van der Waals surface area contributed by atoms with Crippen LogP contribution in [0.15, 0.2) is 95.9 Å². The van der Waals surface area contributed by atoms with Crippen molar-refractivity contribution in [2.75, 3.05) is 0 Å². The summed E-state index contributed by atoms with van der Waals surface area (Å²) >= 11 is 0. The van der Waals surface area contributed by atoms with Gasteiger partial charge in [-0.25, -0.2) is 0 Å². The molecule has 7 heteroatoms. The molecule has 1 N–H and O–H groups in total. The van der Waals surface area contributed by atoms with E-state index in [2.05, 4.69) is 6.07 Å². The number of aromatic nitrogens is 1. The highest BCUT2D eigenvalue weighted by molar-refractivity contribution is 5.47. The summed E-state index contributed by atoms with van der Waals surface area (Å²) in [7, 11) is 0. The number of aliphatic hydroxyl groups excluding tert-OH is 1. The number of nitriles is 1. The minimum Gasteiger partial charge on any atom is -0.485 e. The summed E-state index contributed by atoms with van der Waals surface area (Å²) in [6.45, 7) is 4.86. The second kappa shape index (κ2) is 11.9. The Bertz CT molecular complexity index is 1560. The molecular formula is C33H32N2O5. The zero-order chi connectivity index (χ0) is 28.1. The first-order chi connectivity index (χ1) is 19.4. The van der Waals surface area contributed by atoms with Crippen LogP contribution in [-0.4, -0.2) is 21.4 Å². The highest BCUT2D eigenvalue weighted by Gasteiger charge is 2.44. The van der Waals surface area contributed by atoms with Crippen LogP contribution in [0.5, 0.6) is 5.75 Å². The Hall–Kier alpha value is -4.22. The van der Waals surface area contributed by atoms with Gasteiger partial charge in [0, 0.05) is 17.8 Å². The largest absolute Gasteiger partial charge is 0.485 e. The smallest absolute Gasteiger partial charge is 0.251 e. The minimum absolute atomic E-state index is 0.228. The van der Waals surface area contributed by atoms with Gasteiger partial charge in [-0.1, -0.05) is 60.7 Å². The molecule has 0 fully saturated rings. The maximum absolute atomic E-state index is 13.6. The predicted octanol–water partition coefficient (Wildman–Crippen LogP) is 5.27. The summed E-state index contributed by atoms with van der Waals surface area (Å²) in [5, 5.41) is 20.9. The van der Waals surface area contributed by atoms with Crippen molar-refractivity contribution < 1.29 is 19.3 Å². The molecule has 0 saturated carbocycles. The van der Waals surface area contributed by atoms with Crippen LogP contribution in [0.2, 0.25) is 0 Å². The number of benzene rings is 3. The van der Waals surface area contributed by atoms with Crippen LogP contribution in [0.1, 0.15) is 53.3 Å². The van der Waals surface area contributed by atoms with E-state index in [4.69, 9.17) is 14.2 Å². The van der Waals surface area contributed by atoms with E-state index in [1.165, 1.54) is 4.57 Å². The van der Waals surface area contributed by atoms with Crippen LogP contribution in [0.3, 0.4) is 0 Å². The molecule has 0 amide bonds. The molecule has 40 heavy (non-hydrogen) atoms.